The zero-order chi connectivity index (χ0) is 14.8. The summed E-state index contributed by atoms with van der Waals surface area (Å²) in [6.45, 7) is 3.65. The monoisotopic (exact) mass is 283 g/mol. The van der Waals surface area contributed by atoms with Crippen LogP contribution in [0.2, 0.25) is 0 Å². The average Bonchev–Trinajstić information content (AvgIpc) is 2.44. The highest BCUT2D eigenvalue weighted by molar-refractivity contribution is 5.28. The molecule has 0 bridgehead atoms. The van der Waals surface area contributed by atoms with Crippen LogP contribution in [0.4, 0.5) is 0 Å². The number of hydrogen-bond acceptors (Lipinski definition) is 5. The fourth-order valence-electron chi connectivity index (χ4n) is 1.75. The minimum absolute atomic E-state index is 0.0337. The Morgan fingerprint density at radius 1 is 1.25 bits per heavy atom. The summed E-state index contributed by atoms with van der Waals surface area (Å²) in [6, 6.07) is 7.79. The van der Waals surface area contributed by atoms with Gasteiger partial charge in [0.2, 0.25) is 0 Å². The number of benzene rings is 1. The molecule has 1 aromatic carbocycles. The Kier molecular flexibility index (Phi) is 8.22. The van der Waals surface area contributed by atoms with Gasteiger partial charge in [0.25, 0.3) is 0 Å². The van der Waals surface area contributed by atoms with Crippen LogP contribution in [0.25, 0.3) is 0 Å². The first-order valence-electron chi connectivity index (χ1n) is 6.80. The van der Waals surface area contributed by atoms with E-state index in [9.17, 15) is 5.11 Å². The van der Waals surface area contributed by atoms with Crippen molar-refractivity contribution in [1.29, 1.82) is 0 Å². The second-order valence-electron chi connectivity index (χ2n) is 4.74. The first kappa shape index (κ1) is 16.9. The molecule has 0 amide bonds. The lowest BCUT2D eigenvalue weighted by molar-refractivity contribution is -0.0423. The van der Waals surface area contributed by atoms with E-state index in [1.807, 2.05) is 38.2 Å². The van der Waals surface area contributed by atoms with E-state index in [-0.39, 0.29) is 19.3 Å². The molecule has 0 aliphatic rings. The van der Waals surface area contributed by atoms with Gasteiger partial charge in [-0.2, -0.15) is 0 Å². The number of aliphatic hydroxyl groups is 1. The number of hydrogen-bond donors (Lipinski definition) is 2. The highest BCUT2D eigenvalue weighted by atomic mass is 16.5. The van der Waals surface area contributed by atoms with Crippen molar-refractivity contribution >= 4 is 0 Å². The molecule has 1 rings (SSSR count). The van der Waals surface area contributed by atoms with Gasteiger partial charge in [-0.3, -0.25) is 0 Å². The van der Waals surface area contributed by atoms with E-state index < -0.39 is 6.10 Å². The quantitative estimate of drug-likeness (QED) is 0.675. The standard InChI is InChI=1S/C15H25NO4/c1-12(9-18-3)19-10-14(17)11-20-15-6-4-5-13(7-15)8-16-2/h4-7,12,14,16-17H,8-11H2,1-3H3. The molecular weight excluding hydrogens is 258 g/mol. The van der Waals surface area contributed by atoms with Gasteiger partial charge in [-0.15, -0.1) is 0 Å². The van der Waals surface area contributed by atoms with Gasteiger partial charge in [-0.05, 0) is 31.7 Å². The average molecular weight is 283 g/mol. The molecule has 0 aliphatic heterocycles. The third kappa shape index (κ3) is 6.86. The normalized spacial score (nSPS) is 14.0. The molecule has 2 N–H and O–H groups in total. The maximum Gasteiger partial charge on any atom is 0.119 e. The van der Waals surface area contributed by atoms with Crippen molar-refractivity contribution in [3.05, 3.63) is 29.8 Å². The SMILES string of the molecule is CNCc1cccc(OCC(O)COC(C)COC)c1. The summed E-state index contributed by atoms with van der Waals surface area (Å²) in [5, 5.41) is 12.9. The molecule has 0 saturated heterocycles. The molecule has 0 fully saturated rings. The highest BCUT2D eigenvalue weighted by Crippen LogP contribution is 2.13. The molecule has 5 nitrogen and oxygen atoms in total. The second-order valence-corrected chi connectivity index (χ2v) is 4.74. The van der Waals surface area contributed by atoms with Crippen LogP contribution in [0.5, 0.6) is 5.75 Å². The number of aliphatic hydroxyl groups excluding tert-OH is 1. The van der Waals surface area contributed by atoms with Gasteiger partial charge in [0, 0.05) is 13.7 Å². The van der Waals surface area contributed by atoms with Crippen molar-refractivity contribution in [2.45, 2.75) is 25.7 Å². The van der Waals surface area contributed by atoms with Crippen LogP contribution < -0.4 is 10.1 Å². The molecule has 5 heteroatoms. The number of nitrogens with one attached hydrogen (secondary N) is 1. The summed E-state index contributed by atoms with van der Waals surface area (Å²) < 4.78 is 15.9. The molecule has 114 valence electrons. The Bertz CT molecular complexity index is 373. The second kappa shape index (κ2) is 9.72. The van der Waals surface area contributed by atoms with Gasteiger partial charge in [0.15, 0.2) is 0 Å². The summed E-state index contributed by atoms with van der Waals surface area (Å²) >= 11 is 0. The van der Waals surface area contributed by atoms with E-state index in [1.165, 1.54) is 0 Å². The maximum atomic E-state index is 9.80. The highest BCUT2D eigenvalue weighted by Gasteiger charge is 2.09. The Balaban J connectivity index is 2.29. The van der Waals surface area contributed by atoms with Gasteiger partial charge in [0.1, 0.15) is 18.5 Å². The molecule has 0 radical (unpaired) electrons. The minimum atomic E-state index is -0.651. The third-order valence-electron chi connectivity index (χ3n) is 2.70. The number of rotatable bonds is 10. The van der Waals surface area contributed by atoms with E-state index in [0.717, 1.165) is 17.9 Å². The van der Waals surface area contributed by atoms with Crippen LogP contribution >= 0.6 is 0 Å². The first-order chi connectivity index (χ1) is 9.65. The van der Waals surface area contributed by atoms with Crippen LogP contribution in [0.3, 0.4) is 0 Å². The lowest BCUT2D eigenvalue weighted by Crippen LogP contribution is -2.27. The van der Waals surface area contributed by atoms with Crippen molar-refractivity contribution in [3.8, 4) is 5.75 Å². The third-order valence-corrected chi connectivity index (χ3v) is 2.70. The molecule has 2 unspecified atom stereocenters. The molecule has 2 atom stereocenters. The van der Waals surface area contributed by atoms with E-state index in [4.69, 9.17) is 14.2 Å². The summed E-state index contributed by atoms with van der Waals surface area (Å²) in [7, 11) is 3.52. The van der Waals surface area contributed by atoms with E-state index in [1.54, 1.807) is 7.11 Å². The van der Waals surface area contributed by atoms with Crippen molar-refractivity contribution in [2.24, 2.45) is 0 Å². The zero-order valence-corrected chi connectivity index (χ0v) is 12.5. The van der Waals surface area contributed by atoms with Crippen molar-refractivity contribution < 1.29 is 19.3 Å². The molecule has 1 aromatic rings. The first-order valence-corrected chi connectivity index (χ1v) is 6.80. The molecule has 0 aliphatic carbocycles. The molecule has 0 spiro atoms. The molecule has 0 saturated carbocycles. The molecular formula is C15H25NO4. The summed E-state index contributed by atoms with van der Waals surface area (Å²) in [6.07, 6.45) is -0.684. The lowest BCUT2D eigenvalue weighted by Gasteiger charge is -2.16. The van der Waals surface area contributed by atoms with E-state index >= 15 is 0 Å². The van der Waals surface area contributed by atoms with Gasteiger partial charge in [0.05, 0.1) is 19.3 Å². The van der Waals surface area contributed by atoms with Crippen molar-refractivity contribution in [3.63, 3.8) is 0 Å². The van der Waals surface area contributed by atoms with Gasteiger partial charge >= 0.3 is 0 Å². The predicted octanol–water partition coefficient (Wildman–Crippen LogP) is 1.20. The maximum absolute atomic E-state index is 9.80. The molecule has 0 aromatic heterocycles. The topological polar surface area (TPSA) is 60.0 Å². The zero-order valence-electron chi connectivity index (χ0n) is 12.5. The van der Waals surface area contributed by atoms with Crippen LogP contribution in [0, 0.1) is 0 Å². The summed E-state index contributed by atoms with van der Waals surface area (Å²) in [5.74, 6) is 0.752. The fraction of sp³-hybridized carbons (Fsp3) is 0.600. The van der Waals surface area contributed by atoms with Gasteiger partial charge < -0.3 is 24.6 Å². The minimum Gasteiger partial charge on any atom is -0.491 e. The number of ether oxygens (including phenoxy) is 3. The van der Waals surface area contributed by atoms with Crippen LogP contribution in [0.15, 0.2) is 24.3 Å². The smallest absolute Gasteiger partial charge is 0.119 e. The molecule has 20 heavy (non-hydrogen) atoms. The number of methoxy groups -OCH3 is 1. The predicted molar refractivity (Wildman–Crippen MR) is 78.0 cm³/mol. The Morgan fingerprint density at radius 2 is 2.05 bits per heavy atom. The van der Waals surface area contributed by atoms with Crippen molar-refractivity contribution in [2.75, 3.05) is 34.0 Å². The lowest BCUT2D eigenvalue weighted by atomic mass is 10.2. The Hall–Kier alpha value is -1.14. The summed E-state index contributed by atoms with van der Waals surface area (Å²) in [4.78, 5) is 0. The van der Waals surface area contributed by atoms with E-state index in [0.29, 0.717) is 6.61 Å². The molecule has 0 heterocycles. The Labute approximate surface area is 120 Å². The van der Waals surface area contributed by atoms with Crippen LogP contribution in [-0.2, 0) is 16.0 Å². The van der Waals surface area contributed by atoms with E-state index in [2.05, 4.69) is 5.32 Å². The largest absolute Gasteiger partial charge is 0.491 e. The Morgan fingerprint density at radius 3 is 2.75 bits per heavy atom. The fourth-order valence-corrected chi connectivity index (χ4v) is 1.75. The van der Waals surface area contributed by atoms with Gasteiger partial charge in [-0.1, -0.05) is 12.1 Å². The summed E-state index contributed by atoms with van der Waals surface area (Å²) in [5.41, 5.74) is 1.14. The van der Waals surface area contributed by atoms with Crippen molar-refractivity contribution in [1.82, 2.24) is 5.32 Å². The van der Waals surface area contributed by atoms with Gasteiger partial charge in [-0.25, -0.2) is 0 Å². The van der Waals surface area contributed by atoms with Crippen LogP contribution in [0.1, 0.15) is 12.5 Å². The van der Waals surface area contributed by atoms with Crippen LogP contribution in [-0.4, -0.2) is 51.3 Å².